The number of ether oxygens (including phenoxy) is 1. The van der Waals surface area contributed by atoms with E-state index >= 15 is 0 Å². The number of rotatable bonds is 8. The molecule has 0 bridgehead atoms. The van der Waals surface area contributed by atoms with Gasteiger partial charge in [-0.05, 0) is 78.7 Å². The van der Waals surface area contributed by atoms with Crippen LogP contribution in [0.4, 0.5) is 0 Å². The number of carbonyl (C=O) groups is 2. The molecule has 0 aliphatic carbocycles. The van der Waals surface area contributed by atoms with Crippen LogP contribution >= 0.6 is 11.3 Å². The SMILES string of the molecule is CCc1cc(-c2ccc(C(C)=O)s2)cc2c1OC(CNC(=O)/C=C/C(N)=C/C=C\N)C2. The van der Waals surface area contributed by atoms with Crippen molar-refractivity contribution in [2.45, 2.75) is 32.8 Å². The Morgan fingerprint density at radius 1 is 1.29 bits per heavy atom. The standard InChI is InChI=1S/C24H27N3O3S/c1-3-16-11-17(22-8-7-21(31-22)15(2)28)12-18-13-20(30-24(16)18)14-27-23(29)9-6-19(26)5-4-10-25/h4-12,20H,3,13-14,25-26H2,1-2H3,(H,27,29)/b9-6+,10-4-,19-5-. The molecule has 31 heavy (non-hydrogen) atoms. The number of carbonyl (C=O) groups excluding carboxylic acids is 2. The molecule has 0 saturated carbocycles. The van der Waals surface area contributed by atoms with Crippen molar-refractivity contribution in [3.8, 4) is 16.2 Å². The van der Waals surface area contributed by atoms with Crippen LogP contribution in [0.3, 0.4) is 0 Å². The summed E-state index contributed by atoms with van der Waals surface area (Å²) in [5.74, 6) is 0.749. The number of amides is 1. The van der Waals surface area contributed by atoms with Crippen LogP contribution in [0, 0.1) is 0 Å². The number of nitrogens with one attached hydrogen (secondary N) is 1. The molecule has 1 aliphatic rings. The Hall–Kier alpha value is -3.32. The van der Waals surface area contributed by atoms with E-state index in [1.54, 1.807) is 19.1 Å². The molecule has 2 heterocycles. The van der Waals surface area contributed by atoms with Crippen molar-refractivity contribution in [1.82, 2.24) is 5.32 Å². The second-order valence-corrected chi connectivity index (χ2v) is 8.36. The topological polar surface area (TPSA) is 107 Å². The lowest BCUT2D eigenvalue weighted by Gasteiger charge is -2.13. The number of hydrogen-bond donors (Lipinski definition) is 3. The van der Waals surface area contributed by atoms with Crippen molar-refractivity contribution >= 4 is 23.0 Å². The molecule has 6 nitrogen and oxygen atoms in total. The highest BCUT2D eigenvalue weighted by Gasteiger charge is 2.26. The summed E-state index contributed by atoms with van der Waals surface area (Å²) in [5, 5.41) is 2.86. The van der Waals surface area contributed by atoms with Crippen molar-refractivity contribution < 1.29 is 14.3 Å². The van der Waals surface area contributed by atoms with E-state index in [-0.39, 0.29) is 17.8 Å². The normalized spacial score (nSPS) is 15.9. The van der Waals surface area contributed by atoms with E-state index in [0.29, 0.717) is 18.7 Å². The predicted molar refractivity (Wildman–Crippen MR) is 125 cm³/mol. The van der Waals surface area contributed by atoms with Gasteiger partial charge in [-0.3, -0.25) is 9.59 Å². The lowest BCUT2D eigenvalue weighted by atomic mass is 10.00. The fourth-order valence-corrected chi connectivity index (χ4v) is 4.27. The summed E-state index contributed by atoms with van der Waals surface area (Å²) in [6.07, 6.45) is 8.91. The molecule has 1 atom stereocenters. The van der Waals surface area contributed by atoms with Gasteiger partial charge in [-0.15, -0.1) is 11.3 Å². The Balaban J connectivity index is 1.66. The summed E-state index contributed by atoms with van der Waals surface area (Å²) >= 11 is 1.51. The van der Waals surface area contributed by atoms with Gasteiger partial charge in [0.25, 0.3) is 0 Å². The van der Waals surface area contributed by atoms with Crippen molar-refractivity contribution in [1.29, 1.82) is 0 Å². The molecule has 1 aromatic heterocycles. The number of thiophene rings is 1. The van der Waals surface area contributed by atoms with Crippen molar-refractivity contribution in [3.63, 3.8) is 0 Å². The highest BCUT2D eigenvalue weighted by molar-refractivity contribution is 7.17. The van der Waals surface area contributed by atoms with Gasteiger partial charge >= 0.3 is 0 Å². The average molecular weight is 438 g/mol. The van der Waals surface area contributed by atoms with Crippen LogP contribution in [0.15, 0.2) is 60.5 Å². The van der Waals surface area contributed by atoms with E-state index in [0.717, 1.165) is 38.6 Å². The minimum Gasteiger partial charge on any atom is -0.488 e. The minimum atomic E-state index is -0.237. The van der Waals surface area contributed by atoms with Gasteiger partial charge < -0.3 is 21.5 Å². The van der Waals surface area contributed by atoms with Crippen LogP contribution < -0.4 is 21.5 Å². The highest BCUT2D eigenvalue weighted by atomic mass is 32.1. The second-order valence-electron chi connectivity index (χ2n) is 7.27. The zero-order valence-electron chi connectivity index (χ0n) is 17.7. The van der Waals surface area contributed by atoms with Crippen molar-refractivity contribution in [2.24, 2.45) is 11.5 Å². The van der Waals surface area contributed by atoms with Crippen LogP contribution in [-0.4, -0.2) is 24.3 Å². The number of allylic oxidation sites excluding steroid dienone is 3. The van der Waals surface area contributed by atoms with Crippen LogP contribution in [0.25, 0.3) is 10.4 Å². The van der Waals surface area contributed by atoms with Gasteiger partial charge in [-0.25, -0.2) is 0 Å². The Morgan fingerprint density at radius 3 is 2.77 bits per heavy atom. The lowest BCUT2D eigenvalue weighted by Crippen LogP contribution is -2.33. The van der Waals surface area contributed by atoms with Gasteiger partial charge in [0.05, 0.1) is 11.4 Å². The van der Waals surface area contributed by atoms with Crippen LogP contribution in [0.1, 0.15) is 34.6 Å². The first-order valence-electron chi connectivity index (χ1n) is 10.1. The molecule has 0 fully saturated rings. The summed E-state index contributed by atoms with van der Waals surface area (Å²) < 4.78 is 6.14. The fraction of sp³-hybridized carbons (Fsp3) is 0.250. The first-order valence-corrected chi connectivity index (χ1v) is 11.0. The molecule has 0 spiro atoms. The van der Waals surface area contributed by atoms with E-state index in [9.17, 15) is 9.59 Å². The summed E-state index contributed by atoms with van der Waals surface area (Å²) in [7, 11) is 0. The highest BCUT2D eigenvalue weighted by Crippen LogP contribution is 2.39. The zero-order valence-corrected chi connectivity index (χ0v) is 18.5. The van der Waals surface area contributed by atoms with Gasteiger partial charge in [0, 0.05) is 23.1 Å². The summed E-state index contributed by atoms with van der Waals surface area (Å²) in [4.78, 5) is 25.5. The number of benzene rings is 1. The molecule has 7 heteroatoms. The third-order valence-corrected chi connectivity index (χ3v) is 6.16. The van der Waals surface area contributed by atoms with Crippen LogP contribution in [-0.2, 0) is 17.6 Å². The predicted octanol–water partition coefficient (Wildman–Crippen LogP) is 3.47. The smallest absolute Gasteiger partial charge is 0.244 e. The number of fused-ring (bicyclic) bond motifs is 1. The largest absolute Gasteiger partial charge is 0.488 e. The molecule has 0 radical (unpaired) electrons. The maximum Gasteiger partial charge on any atom is 0.244 e. The molecular formula is C24H27N3O3S. The first-order chi connectivity index (χ1) is 14.9. The first kappa shape index (κ1) is 22.4. The molecule has 5 N–H and O–H groups in total. The molecular weight excluding hydrogens is 410 g/mol. The van der Waals surface area contributed by atoms with E-state index in [1.807, 2.05) is 12.1 Å². The Bertz CT molecular complexity index is 1070. The maximum atomic E-state index is 12.1. The fourth-order valence-electron chi connectivity index (χ4n) is 3.38. The molecule has 3 rings (SSSR count). The number of hydrogen-bond acceptors (Lipinski definition) is 6. The molecule has 2 aromatic rings. The number of ketones is 1. The van der Waals surface area contributed by atoms with Crippen LogP contribution in [0.5, 0.6) is 5.75 Å². The second kappa shape index (κ2) is 10.1. The molecule has 162 valence electrons. The lowest BCUT2D eigenvalue weighted by molar-refractivity contribution is -0.116. The monoisotopic (exact) mass is 437 g/mol. The van der Waals surface area contributed by atoms with E-state index < -0.39 is 0 Å². The number of aryl methyl sites for hydroxylation is 1. The van der Waals surface area contributed by atoms with Gasteiger partial charge in [0.2, 0.25) is 5.91 Å². The summed E-state index contributed by atoms with van der Waals surface area (Å²) in [5.41, 5.74) is 14.8. The van der Waals surface area contributed by atoms with Crippen molar-refractivity contribution in [3.05, 3.63) is 76.5 Å². The van der Waals surface area contributed by atoms with Gasteiger partial charge in [-0.1, -0.05) is 6.92 Å². The van der Waals surface area contributed by atoms with Crippen LogP contribution in [0.2, 0.25) is 0 Å². The summed E-state index contributed by atoms with van der Waals surface area (Å²) in [6.45, 7) is 4.07. The third kappa shape index (κ3) is 5.64. The zero-order chi connectivity index (χ0) is 22.4. The number of Topliss-reactive ketones (excluding diaryl/α,β-unsaturated/α-hetero) is 1. The average Bonchev–Trinajstić information content (AvgIpc) is 3.41. The molecule has 1 aromatic carbocycles. The number of nitrogens with two attached hydrogens (primary N) is 2. The maximum absolute atomic E-state index is 12.1. The summed E-state index contributed by atoms with van der Waals surface area (Å²) in [6, 6.07) is 8.12. The van der Waals surface area contributed by atoms with Crippen molar-refractivity contribution in [2.75, 3.05) is 6.54 Å². The third-order valence-electron chi connectivity index (χ3n) is 4.92. The molecule has 1 unspecified atom stereocenters. The van der Waals surface area contributed by atoms with Gasteiger partial charge in [0.15, 0.2) is 5.78 Å². The molecule has 1 amide bonds. The van der Waals surface area contributed by atoms with E-state index in [1.165, 1.54) is 29.7 Å². The molecule has 1 aliphatic heterocycles. The minimum absolute atomic E-state index is 0.0782. The Kier molecular flexibility index (Phi) is 7.31. The Labute approximate surface area is 186 Å². The van der Waals surface area contributed by atoms with Gasteiger partial charge in [-0.2, -0.15) is 0 Å². The van der Waals surface area contributed by atoms with E-state index in [4.69, 9.17) is 16.2 Å². The quantitative estimate of drug-likeness (QED) is 0.333. The van der Waals surface area contributed by atoms with Gasteiger partial charge in [0.1, 0.15) is 11.9 Å². The molecule has 0 saturated heterocycles. The Morgan fingerprint density at radius 2 is 2.10 bits per heavy atom. The van der Waals surface area contributed by atoms with E-state index in [2.05, 4.69) is 24.4 Å².